The largest absolute Gasteiger partial charge is 0.332 e. The van der Waals surface area contributed by atoms with Crippen molar-refractivity contribution in [1.29, 1.82) is 0 Å². The number of benzene rings is 1. The zero-order chi connectivity index (χ0) is 17.7. The lowest BCUT2D eigenvalue weighted by atomic mass is 10.1. The summed E-state index contributed by atoms with van der Waals surface area (Å²) in [6.45, 7) is 2.19. The lowest BCUT2D eigenvalue weighted by molar-refractivity contribution is 0.194. The predicted molar refractivity (Wildman–Crippen MR) is 90.5 cm³/mol. The summed E-state index contributed by atoms with van der Waals surface area (Å²) < 4.78 is 22.5. The Bertz CT molecular complexity index is 792. The van der Waals surface area contributed by atoms with E-state index < -0.39 is 10.0 Å². The maximum absolute atomic E-state index is 12.2. The molecule has 2 amide bonds. The molecular weight excluding hydrogens is 328 g/mol. The lowest BCUT2D eigenvalue weighted by Crippen LogP contribution is -2.38. The van der Waals surface area contributed by atoms with Crippen molar-refractivity contribution in [2.24, 2.45) is 5.14 Å². The Hall–Kier alpha value is -2.45. The van der Waals surface area contributed by atoms with E-state index in [1.54, 1.807) is 25.4 Å². The monoisotopic (exact) mass is 348 g/mol. The first-order chi connectivity index (χ1) is 11.3. The number of sulfonamides is 1. The summed E-state index contributed by atoms with van der Waals surface area (Å²) >= 11 is 0. The Kier molecular flexibility index (Phi) is 5.53. The van der Waals surface area contributed by atoms with Gasteiger partial charge in [-0.25, -0.2) is 18.4 Å². The number of rotatable bonds is 5. The number of hydrogen-bond acceptors (Lipinski definition) is 4. The third-order valence-electron chi connectivity index (χ3n) is 3.74. The third-order valence-corrected chi connectivity index (χ3v) is 4.67. The number of primary sulfonamides is 1. The van der Waals surface area contributed by atoms with Crippen molar-refractivity contribution in [2.45, 2.75) is 24.4 Å². The quantitative estimate of drug-likeness (QED) is 0.856. The van der Waals surface area contributed by atoms with Gasteiger partial charge in [-0.05, 0) is 36.8 Å². The molecule has 1 unspecified atom stereocenters. The number of aromatic nitrogens is 1. The molecule has 0 aliphatic carbocycles. The van der Waals surface area contributed by atoms with Gasteiger partial charge in [-0.15, -0.1) is 0 Å². The number of amides is 2. The van der Waals surface area contributed by atoms with Crippen LogP contribution in [-0.4, -0.2) is 31.4 Å². The van der Waals surface area contributed by atoms with Gasteiger partial charge in [-0.3, -0.25) is 4.98 Å². The molecule has 0 aliphatic heterocycles. The maximum atomic E-state index is 12.2. The fourth-order valence-corrected chi connectivity index (χ4v) is 2.64. The molecule has 0 bridgehead atoms. The van der Waals surface area contributed by atoms with Crippen LogP contribution in [0.3, 0.4) is 0 Å². The number of hydrogen-bond donors (Lipinski definition) is 2. The van der Waals surface area contributed by atoms with Crippen molar-refractivity contribution in [3.05, 3.63) is 59.9 Å². The molecule has 1 aromatic heterocycles. The summed E-state index contributed by atoms with van der Waals surface area (Å²) in [6, 6.07) is 11.2. The first-order valence-electron chi connectivity index (χ1n) is 7.32. The fourth-order valence-electron chi connectivity index (χ4n) is 2.13. The number of nitrogens with zero attached hydrogens (tertiary/aromatic N) is 2. The van der Waals surface area contributed by atoms with Gasteiger partial charge < -0.3 is 10.2 Å². The Morgan fingerprint density at radius 1 is 1.25 bits per heavy atom. The average molecular weight is 348 g/mol. The van der Waals surface area contributed by atoms with E-state index in [0.29, 0.717) is 6.54 Å². The van der Waals surface area contributed by atoms with Crippen LogP contribution in [-0.2, 0) is 16.6 Å². The van der Waals surface area contributed by atoms with E-state index in [-0.39, 0.29) is 17.0 Å². The van der Waals surface area contributed by atoms with E-state index in [1.807, 2.05) is 25.1 Å². The van der Waals surface area contributed by atoms with E-state index in [1.165, 1.54) is 17.0 Å². The van der Waals surface area contributed by atoms with Crippen LogP contribution in [0.4, 0.5) is 4.79 Å². The zero-order valence-corrected chi connectivity index (χ0v) is 14.3. The zero-order valence-electron chi connectivity index (χ0n) is 13.5. The van der Waals surface area contributed by atoms with E-state index in [9.17, 15) is 13.2 Å². The molecule has 0 spiro atoms. The van der Waals surface area contributed by atoms with E-state index in [4.69, 9.17) is 5.14 Å². The molecule has 1 heterocycles. The molecule has 2 rings (SSSR count). The third kappa shape index (κ3) is 4.53. The molecule has 8 heteroatoms. The molecule has 128 valence electrons. The second-order valence-corrected chi connectivity index (χ2v) is 6.94. The number of carbonyl (C=O) groups excluding carboxylic acids is 1. The van der Waals surface area contributed by atoms with E-state index >= 15 is 0 Å². The smallest absolute Gasteiger partial charge is 0.317 e. The highest BCUT2D eigenvalue weighted by molar-refractivity contribution is 7.89. The van der Waals surface area contributed by atoms with Crippen molar-refractivity contribution in [3.63, 3.8) is 0 Å². The molecule has 24 heavy (non-hydrogen) atoms. The van der Waals surface area contributed by atoms with Crippen molar-refractivity contribution < 1.29 is 13.2 Å². The fraction of sp³-hybridized carbons (Fsp3) is 0.250. The van der Waals surface area contributed by atoms with Gasteiger partial charge in [-0.1, -0.05) is 18.2 Å². The predicted octanol–water partition coefficient (Wildman–Crippen LogP) is 1.63. The molecule has 0 radical (unpaired) electrons. The topological polar surface area (TPSA) is 105 Å². The summed E-state index contributed by atoms with van der Waals surface area (Å²) in [6.07, 6.45) is 1.67. The second-order valence-electron chi connectivity index (χ2n) is 5.38. The van der Waals surface area contributed by atoms with Gasteiger partial charge >= 0.3 is 6.03 Å². The lowest BCUT2D eigenvalue weighted by Gasteiger charge is -2.25. The summed E-state index contributed by atoms with van der Waals surface area (Å²) in [5.41, 5.74) is 1.57. The summed E-state index contributed by atoms with van der Waals surface area (Å²) in [5.74, 6) is 0. The molecule has 1 atom stereocenters. The van der Waals surface area contributed by atoms with Crippen LogP contribution in [0.15, 0.2) is 53.6 Å². The Labute approximate surface area is 141 Å². The standard InChI is InChI=1S/C16H20N4O3S/c1-12(13-6-8-15(9-7-13)24(17,22)23)20(2)16(21)19-11-14-5-3-4-10-18-14/h3-10,12H,11H2,1-2H3,(H,19,21)(H2,17,22,23). The Morgan fingerprint density at radius 2 is 1.92 bits per heavy atom. The van der Waals surface area contributed by atoms with Crippen LogP contribution in [0.5, 0.6) is 0 Å². The molecule has 0 fully saturated rings. The van der Waals surface area contributed by atoms with Crippen molar-refractivity contribution in [1.82, 2.24) is 15.2 Å². The van der Waals surface area contributed by atoms with Gasteiger partial charge in [0.1, 0.15) is 0 Å². The number of nitrogens with two attached hydrogens (primary N) is 1. The van der Waals surface area contributed by atoms with Gasteiger partial charge in [0.05, 0.1) is 23.2 Å². The van der Waals surface area contributed by atoms with Crippen LogP contribution >= 0.6 is 0 Å². The van der Waals surface area contributed by atoms with Crippen molar-refractivity contribution in [3.8, 4) is 0 Å². The molecule has 3 N–H and O–H groups in total. The van der Waals surface area contributed by atoms with Crippen LogP contribution in [0.25, 0.3) is 0 Å². The first kappa shape index (κ1) is 17.9. The molecule has 0 aliphatic rings. The Balaban J connectivity index is 2.00. The van der Waals surface area contributed by atoms with Crippen LogP contribution in [0.1, 0.15) is 24.2 Å². The number of urea groups is 1. The van der Waals surface area contributed by atoms with E-state index in [2.05, 4.69) is 10.3 Å². The number of carbonyl (C=O) groups is 1. The second kappa shape index (κ2) is 7.41. The first-order valence-corrected chi connectivity index (χ1v) is 8.87. The summed E-state index contributed by atoms with van der Waals surface area (Å²) in [4.78, 5) is 18.0. The van der Waals surface area contributed by atoms with Gasteiger partial charge in [0.15, 0.2) is 0 Å². The highest BCUT2D eigenvalue weighted by atomic mass is 32.2. The summed E-state index contributed by atoms with van der Waals surface area (Å²) in [7, 11) is -2.05. The number of nitrogens with one attached hydrogen (secondary N) is 1. The number of pyridine rings is 1. The molecular formula is C16H20N4O3S. The molecule has 2 aromatic rings. The molecule has 7 nitrogen and oxygen atoms in total. The van der Waals surface area contributed by atoms with Crippen LogP contribution < -0.4 is 10.5 Å². The van der Waals surface area contributed by atoms with Crippen LogP contribution in [0, 0.1) is 0 Å². The minimum absolute atomic E-state index is 0.0423. The highest BCUT2D eigenvalue weighted by Crippen LogP contribution is 2.20. The van der Waals surface area contributed by atoms with Gasteiger partial charge in [-0.2, -0.15) is 0 Å². The SMILES string of the molecule is CC(c1ccc(S(N)(=O)=O)cc1)N(C)C(=O)NCc1ccccn1. The van der Waals surface area contributed by atoms with Crippen LogP contribution in [0.2, 0.25) is 0 Å². The van der Waals surface area contributed by atoms with Gasteiger partial charge in [0.25, 0.3) is 0 Å². The van der Waals surface area contributed by atoms with Crippen molar-refractivity contribution >= 4 is 16.1 Å². The molecule has 0 saturated carbocycles. The normalized spacial score (nSPS) is 12.5. The van der Waals surface area contributed by atoms with Gasteiger partial charge in [0, 0.05) is 13.2 Å². The van der Waals surface area contributed by atoms with E-state index in [0.717, 1.165) is 11.3 Å². The minimum Gasteiger partial charge on any atom is -0.332 e. The molecule has 0 saturated heterocycles. The average Bonchev–Trinajstić information content (AvgIpc) is 2.58. The molecule has 1 aromatic carbocycles. The minimum atomic E-state index is -3.72. The summed E-state index contributed by atoms with van der Waals surface area (Å²) in [5, 5.41) is 7.87. The Morgan fingerprint density at radius 3 is 2.46 bits per heavy atom. The highest BCUT2D eigenvalue weighted by Gasteiger charge is 2.18. The maximum Gasteiger partial charge on any atom is 0.317 e. The van der Waals surface area contributed by atoms with Gasteiger partial charge in [0.2, 0.25) is 10.0 Å². The van der Waals surface area contributed by atoms with Crippen molar-refractivity contribution in [2.75, 3.05) is 7.05 Å².